The zero-order valence-electron chi connectivity index (χ0n) is 10.4. The Hall–Kier alpha value is -0.710. The van der Waals surface area contributed by atoms with Gasteiger partial charge in [-0.1, -0.05) is 13.8 Å². The second kappa shape index (κ2) is 6.28. The minimum absolute atomic E-state index is 0.134. The average Bonchev–Trinajstić information content (AvgIpc) is 2.28. The van der Waals surface area contributed by atoms with E-state index in [4.69, 9.17) is 0 Å². The first-order valence-corrected chi connectivity index (χ1v) is 7.65. The van der Waals surface area contributed by atoms with Crippen molar-refractivity contribution in [2.45, 2.75) is 45.7 Å². The van der Waals surface area contributed by atoms with Gasteiger partial charge in [0, 0.05) is 6.54 Å². The summed E-state index contributed by atoms with van der Waals surface area (Å²) in [5.41, 5.74) is 0. The SMILES string of the molecule is CC(C)CCS(=O)(=O)N1CCCCC1N=C=O. The van der Waals surface area contributed by atoms with Gasteiger partial charge >= 0.3 is 0 Å². The Morgan fingerprint density at radius 3 is 2.71 bits per heavy atom. The highest BCUT2D eigenvalue weighted by molar-refractivity contribution is 7.89. The second-order valence-electron chi connectivity index (χ2n) is 4.81. The normalized spacial score (nSPS) is 22.4. The molecule has 0 amide bonds. The van der Waals surface area contributed by atoms with Crippen LogP contribution in [0, 0.1) is 5.92 Å². The van der Waals surface area contributed by atoms with Gasteiger partial charge in [0.15, 0.2) is 0 Å². The Labute approximate surface area is 103 Å². The van der Waals surface area contributed by atoms with Gasteiger partial charge in [-0.3, -0.25) is 0 Å². The van der Waals surface area contributed by atoms with Gasteiger partial charge in [0.1, 0.15) is 6.17 Å². The van der Waals surface area contributed by atoms with E-state index in [-0.39, 0.29) is 5.75 Å². The van der Waals surface area contributed by atoms with Gasteiger partial charge in [-0.2, -0.15) is 9.30 Å². The van der Waals surface area contributed by atoms with Crippen molar-refractivity contribution < 1.29 is 13.2 Å². The molecule has 0 saturated carbocycles. The fourth-order valence-electron chi connectivity index (χ4n) is 1.90. The van der Waals surface area contributed by atoms with Crippen molar-refractivity contribution >= 4 is 16.1 Å². The van der Waals surface area contributed by atoms with Crippen LogP contribution in [0.2, 0.25) is 0 Å². The van der Waals surface area contributed by atoms with E-state index >= 15 is 0 Å². The molecular weight excluding hydrogens is 240 g/mol. The predicted octanol–water partition coefficient (Wildman–Crippen LogP) is 1.51. The summed E-state index contributed by atoms with van der Waals surface area (Å²) in [6.45, 7) is 4.45. The number of hydrogen-bond acceptors (Lipinski definition) is 4. The fraction of sp³-hybridized carbons (Fsp3) is 0.909. The molecular formula is C11H20N2O3S. The quantitative estimate of drug-likeness (QED) is 0.556. The molecule has 6 heteroatoms. The van der Waals surface area contributed by atoms with Crippen molar-refractivity contribution in [3.63, 3.8) is 0 Å². The third-order valence-corrected chi connectivity index (χ3v) is 4.83. The van der Waals surface area contributed by atoms with Crippen molar-refractivity contribution in [1.29, 1.82) is 0 Å². The molecule has 0 aromatic carbocycles. The van der Waals surface area contributed by atoms with Crippen LogP contribution in [0.4, 0.5) is 0 Å². The van der Waals surface area contributed by atoms with Crippen molar-refractivity contribution in [1.82, 2.24) is 4.31 Å². The lowest BCUT2D eigenvalue weighted by atomic mass is 10.1. The number of piperidine rings is 1. The molecule has 0 N–H and O–H groups in total. The average molecular weight is 260 g/mol. The summed E-state index contributed by atoms with van der Waals surface area (Å²) in [7, 11) is -3.29. The Balaban J connectivity index is 2.76. The highest BCUT2D eigenvalue weighted by Crippen LogP contribution is 2.22. The first-order chi connectivity index (χ1) is 7.97. The van der Waals surface area contributed by atoms with E-state index in [9.17, 15) is 13.2 Å². The maximum Gasteiger partial charge on any atom is 0.236 e. The highest BCUT2D eigenvalue weighted by atomic mass is 32.2. The van der Waals surface area contributed by atoms with Gasteiger partial charge < -0.3 is 0 Å². The molecule has 1 atom stereocenters. The van der Waals surface area contributed by atoms with Crippen LogP contribution in [0.5, 0.6) is 0 Å². The molecule has 1 fully saturated rings. The standard InChI is InChI=1S/C11H20N2O3S/c1-10(2)6-8-17(15,16)13-7-4-3-5-11(13)12-9-14/h10-11H,3-8H2,1-2H3. The number of hydrogen-bond donors (Lipinski definition) is 0. The molecule has 1 aliphatic rings. The molecule has 1 heterocycles. The molecule has 0 aliphatic carbocycles. The zero-order valence-corrected chi connectivity index (χ0v) is 11.2. The second-order valence-corrected chi connectivity index (χ2v) is 6.85. The summed E-state index contributed by atoms with van der Waals surface area (Å²) in [5, 5.41) is 0. The van der Waals surface area contributed by atoms with Crippen molar-refractivity contribution in [3.05, 3.63) is 0 Å². The van der Waals surface area contributed by atoms with Crippen molar-refractivity contribution in [2.75, 3.05) is 12.3 Å². The first kappa shape index (κ1) is 14.4. The van der Waals surface area contributed by atoms with Crippen LogP contribution in [0.25, 0.3) is 0 Å². The van der Waals surface area contributed by atoms with Crippen LogP contribution in [0.1, 0.15) is 39.5 Å². The molecule has 0 bridgehead atoms. The Bertz CT molecular complexity index is 386. The van der Waals surface area contributed by atoms with Gasteiger partial charge in [0.2, 0.25) is 16.1 Å². The Morgan fingerprint density at radius 2 is 2.12 bits per heavy atom. The maximum atomic E-state index is 12.1. The molecule has 1 aliphatic heterocycles. The number of aliphatic imine (C=N–C) groups is 1. The van der Waals surface area contributed by atoms with Gasteiger partial charge in [-0.15, -0.1) is 0 Å². The molecule has 98 valence electrons. The molecule has 1 rings (SSSR count). The van der Waals surface area contributed by atoms with E-state index in [2.05, 4.69) is 4.99 Å². The Morgan fingerprint density at radius 1 is 1.41 bits per heavy atom. The number of nitrogens with zero attached hydrogens (tertiary/aromatic N) is 2. The van der Waals surface area contributed by atoms with E-state index in [0.29, 0.717) is 25.3 Å². The lowest BCUT2D eigenvalue weighted by molar-refractivity contribution is 0.259. The number of carbonyl (C=O) groups excluding carboxylic acids is 1. The summed E-state index contributed by atoms with van der Waals surface area (Å²) in [6, 6.07) is 0. The number of isocyanates is 1. The maximum absolute atomic E-state index is 12.1. The van der Waals surface area contributed by atoms with Crippen molar-refractivity contribution in [3.8, 4) is 0 Å². The molecule has 0 spiro atoms. The van der Waals surface area contributed by atoms with Crippen LogP contribution in [-0.4, -0.2) is 37.3 Å². The van der Waals surface area contributed by atoms with E-state index < -0.39 is 16.2 Å². The summed E-state index contributed by atoms with van der Waals surface area (Å²) in [5.74, 6) is 0.484. The molecule has 5 nitrogen and oxygen atoms in total. The molecule has 1 unspecified atom stereocenters. The van der Waals surface area contributed by atoms with Crippen molar-refractivity contribution in [2.24, 2.45) is 10.9 Å². The van der Waals surface area contributed by atoms with E-state index in [1.54, 1.807) is 0 Å². The molecule has 0 aromatic heterocycles. The third kappa shape index (κ3) is 4.22. The summed E-state index contributed by atoms with van der Waals surface area (Å²) in [4.78, 5) is 13.9. The lowest BCUT2D eigenvalue weighted by Crippen LogP contribution is -2.43. The fourth-order valence-corrected chi connectivity index (χ4v) is 3.84. The predicted molar refractivity (Wildman–Crippen MR) is 65.7 cm³/mol. The third-order valence-electron chi connectivity index (χ3n) is 2.94. The molecule has 0 radical (unpaired) electrons. The van der Waals surface area contributed by atoms with Gasteiger partial charge in [-0.25, -0.2) is 13.2 Å². The molecule has 0 aromatic rings. The number of rotatable bonds is 5. The summed E-state index contributed by atoms with van der Waals surface area (Å²) in [6.07, 6.45) is 3.95. The monoisotopic (exact) mass is 260 g/mol. The lowest BCUT2D eigenvalue weighted by Gasteiger charge is -2.31. The van der Waals surface area contributed by atoms with Crippen LogP contribution in [0.15, 0.2) is 4.99 Å². The van der Waals surface area contributed by atoms with Crippen LogP contribution in [-0.2, 0) is 14.8 Å². The van der Waals surface area contributed by atoms with Crippen LogP contribution >= 0.6 is 0 Å². The van der Waals surface area contributed by atoms with E-state index in [0.717, 1.165) is 12.8 Å². The Kier molecular flexibility index (Phi) is 5.31. The van der Waals surface area contributed by atoms with Crippen LogP contribution < -0.4 is 0 Å². The minimum Gasteiger partial charge on any atom is -0.212 e. The van der Waals surface area contributed by atoms with E-state index in [1.807, 2.05) is 13.8 Å². The van der Waals surface area contributed by atoms with Gasteiger partial charge in [0.05, 0.1) is 5.75 Å². The van der Waals surface area contributed by atoms with Crippen LogP contribution in [0.3, 0.4) is 0 Å². The van der Waals surface area contributed by atoms with E-state index in [1.165, 1.54) is 10.4 Å². The largest absolute Gasteiger partial charge is 0.236 e. The summed E-state index contributed by atoms with van der Waals surface area (Å²) < 4.78 is 25.6. The topological polar surface area (TPSA) is 66.8 Å². The minimum atomic E-state index is -3.29. The smallest absolute Gasteiger partial charge is 0.212 e. The first-order valence-electron chi connectivity index (χ1n) is 6.04. The highest BCUT2D eigenvalue weighted by Gasteiger charge is 2.31. The van der Waals surface area contributed by atoms with Gasteiger partial charge in [-0.05, 0) is 31.6 Å². The molecule has 1 saturated heterocycles. The summed E-state index contributed by atoms with van der Waals surface area (Å²) >= 11 is 0. The van der Waals surface area contributed by atoms with Gasteiger partial charge in [0.25, 0.3) is 0 Å². The number of sulfonamides is 1. The zero-order chi connectivity index (χ0) is 12.9. The molecule has 17 heavy (non-hydrogen) atoms.